The van der Waals surface area contributed by atoms with Crippen LogP contribution in [-0.2, 0) is 13.0 Å². The molecule has 0 spiro atoms. The molecule has 28 heavy (non-hydrogen) atoms. The third-order valence-electron chi connectivity index (χ3n) is 5.04. The molecule has 0 fully saturated rings. The number of ether oxygens (including phenoxy) is 1. The van der Waals surface area contributed by atoms with E-state index in [1.807, 2.05) is 24.5 Å². The van der Waals surface area contributed by atoms with Gasteiger partial charge in [-0.05, 0) is 30.0 Å². The molecule has 1 amide bonds. The number of rotatable bonds is 5. The minimum atomic E-state index is -0.141. The van der Waals surface area contributed by atoms with Gasteiger partial charge in [0.1, 0.15) is 17.1 Å². The fourth-order valence-corrected chi connectivity index (χ4v) is 3.67. The Morgan fingerprint density at radius 1 is 1.36 bits per heavy atom. The number of carbonyl (C=O) groups is 1. The van der Waals surface area contributed by atoms with E-state index in [0.29, 0.717) is 30.4 Å². The van der Waals surface area contributed by atoms with Crippen molar-refractivity contribution in [3.8, 4) is 17.3 Å². The van der Waals surface area contributed by atoms with Crippen LogP contribution in [0.4, 0.5) is 0 Å². The smallest absolute Gasteiger partial charge is 0.271 e. The van der Waals surface area contributed by atoms with E-state index in [9.17, 15) is 4.79 Å². The molecule has 0 saturated heterocycles. The van der Waals surface area contributed by atoms with Crippen molar-refractivity contribution in [1.29, 1.82) is 0 Å². The lowest BCUT2D eigenvalue weighted by Crippen LogP contribution is -2.26. The van der Waals surface area contributed by atoms with Gasteiger partial charge in [-0.1, -0.05) is 26.0 Å². The van der Waals surface area contributed by atoms with E-state index < -0.39 is 0 Å². The van der Waals surface area contributed by atoms with Gasteiger partial charge in [0.15, 0.2) is 5.82 Å². The van der Waals surface area contributed by atoms with Crippen LogP contribution in [0.25, 0.3) is 11.5 Å². The van der Waals surface area contributed by atoms with Crippen molar-refractivity contribution in [3.05, 3.63) is 53.7 Å². The van der Waals surface area contributed by atoms with Crippen LogP contribution in [-0.4, -0.2) is 39.1 Å². The van der Waals surface area contributed by atoms with Gasteiger partial charge < -0.3 is 19.6 Å². The molecule has 2 aromatic heterocycles. The molecule has 0 radical (unpaired) electrons. The van der Waals surface area contributed by atoms with Crippen molar-refractivity contribution in [2.45, 2.75) is 32.7 Å². The van der Waals surface area contributed by atoms with Crippen LogP contribution >= 0.6 is 0 Å². The Balaban J connectivity index is 1.67. The summed E-state index contributed by atoms with van der Waals surface area (Å²) < 4.78 is 7.42. The Labute approximate surface area is 164 Å². The van der Waals surface area contributed by atoms with Crippen LogP contribution in [0.15, 0.2) is 36.8 Å². The van der Waals surface area contributed by atoms with E-state index >= 15 is 0 Å². The molecular weight excluding hydrogens is 354 g/mol. The number of hydrogen-bond donors (Lipinski definition) is 2. The van der Waals surface area contributed by atoms with E-state index in [1.54, 1.807) is 13.3 Å². The number of amides is 1. The fourth-order valence-electron chi connectivity index (χ4n) is 3.67. The van der Waals surface area contributed by atoms with Gasteiger partial charge >= 0.3 is 0 Å². The Morgan fingerprint density at radius 2 is 2.21 bits per heavy atom. The largest absolute Gasteiger partial charge is 0.497 e. The number of methoxy groups -OCH3 is 1. The number of hydrogen-bond acceptors (Lipinski definition) is 4. The zero-order valence-electron chi connectivity index (χ0n) is 16.4. The second-order valence-electron chi connectivity index (χ2n) is 7.63. The minimum Gasteiger partial charge on any atom is -0.497 e. The molecule has 7 nitrogen and oxygen atoms in total. The predicted octanol–water partition coefficient (Wildman–Crippen LogP) is 3.01. The third kappa shape index (κ3) is 3.52. The summed E-state index contributed by atoms with van der Waals surface area (Å²) in [5.74, 6) is 1.99. The number of nitrogens with one attached hydrogen (secondary N) is 2. The molecule has 146 valence electrons. The van der Waals surface area contributed by atoms with Gasteiger partial charge in [-0.15, -0.1) is 0 Å². The maximum Gasteiger partial charge on any atom is 0.271 e. The van der Waals surface area contributed by atoms with Gasteiger partial charge in [0.2, 0.25) is 0 Å². The first-order valence-electron chi connectivity index (χ1n) is 9.56. The first-order valence-corrected chi connectivity index (χ1v) is 9.56. The van der Waals surface area contributed by atoms with Crippen molar-refractivity contribution >= 4 is 5.91 Å². The number of benzene rings is 1. The van der Waals surface area contributed by atoms with Gasteiger partial charge in [-0.2, -0.15) is 0 Å². The third-order valence-corrected chi connectivity index (χ3v) is 5.04. The monoisotopic (exact) mass is 379 g/mol. The number of aromatic nitrogens is 4. The maximum atomic E-state index is 12.6. The van der Waals surface area contributed by atoms with Gasteiger partial charge in [-0.25, -0.2) is 9.97 Å². The van der Waals surface area contributed by atoms with Crippen LogP contribution in [0.5, 0.6) is 5.75 Å². The standard InChI is InChI=1S/C21H25N5O2/c1-13(2)11-26-12-22-10-18(26)20-24-17-8-15(9-23-21(27)19(17)25-20)14-5-4-6-16(7-14)28-3/h4-7,10,12-13,15H,8-9,11H2,1-3H3,(H,23,27)(H,24,25)/t15-/m1/s1. The summed E-state index contributed by atoms with van der Waals surface area (Å²) in [5, 5.41) is 3.01. The molecule has 4 rings (SSSR count). The van der Waals surface area contributed by atoms with Gasteiger partial charge in [-0.3, -0.25) is 4.79 Å². The highest BCUT2D eigenvalue weighted by Crippen LogP contribution is 2.28. The molecule has 0 bridgehead atoms. The summed E-state index contributed by atoms with van der Waals surface area (Å²) in [7, 11) is 1.66. The second-order valence-corrected chi connectivity index (χ2v) is 7.63. The number of imidazole rings is 2. The number of carbonyl (C=O) groups excluding carboxylic acids is 1. The number of nitrogens with zero attached hydrogens (tertiary/aromatic N) is 3. The van der Waals surface area contributed by atoms with Crippen LogP contribution in [0.1, 0.15) is 41.5 Å². The molecule has 0 saturated carbocycles. The van der Waals surface area contributed by atoms with Crippen molar-refractivity contribution < 1.29 is 9.53 Å². The minimum absolute atomic E-state index is 0.141. The molecule has 0 aliphatic carbocycles. The maximum absolute atomic E-state index is 12.6. The summed E-state index contributed by atoms with van der Waals surface area (Å²) in [5.41, 5.74) is 3.36. The van der Waals surface area contributed by atoms with Crippen LogP contribution in [0.2, 0.25) is 0 Å². The molecule has 3 aromatic rings. The molecular formula is C21H25N5O2. The molecule has 1 aliphatic heterocycles. The summed E-state index contributed by atoms with van der Waals surface area (Å²) in [6, 6.07) is 8.00. The van der Waals surface area contributed by atoms with Crippen molar-refractivity contribution in [2.75, 3.05) is 13.7 Å². The van der Waals surface area contributed by atoms with E-state index in [1.165, 1.54) is 0 Å². The Morgan fingerprint density at radius 3 is 3.00 bits per heavy atom. The van der Waals surface area contributed by atoms with Crippen LogP contribution in [0.3, 0.4) is 0 Å². The first kappa shape index (κ1) is 18.3. The van der Waals surface area contributed by atoms with Crippen molar-refractivity contribution in [2.24, 2.45) is 5.92 Å². The first-order chi connectivity index (χ1) is 13.5. The number of H-pyrrole nitrogens is 1. The number of fused-ring (bicyclic) bond motifs is 1. The lowest BCUT2D eigenvalue weighted by atomic mass is 9.94. The van der Waals surface area contributed by atoms with Gasteiger partial charge in [0.25, 0.3) is 5.91 Å². The van der Waals surface area contributed by atoms with Gasteiger partial charge in [0, 0.05) is 24.7 Å². The highest BCUT2D eigenvalue weighted by Gasteiger charge is 2.27. The van der Waals surface area contributed by atoms with Crippen LogP contribution < -0.4 is 10.1 Å². The highest BCUT2D eigenvalue weighted by atomic mass is 16.5. The fraction of sp³-hybridized carbons (Fsp3) is 0.381. The Kier molecular flexibility index (Phi) is 4.90. The normalized spacial score (nSPS) is 16.6. The topological polar surface area (TPSA) is 84.8 Å². The predicted molar refractivity (Wildman–Crippen MR) is 106 cm³/mol. The zero-order chi connectivity index (χ0) is 19.7. The van der Waals surface area contributed by atoms with E-state index in [-0.39, 0.29) is 11.8 Å². The second kappa shape index (κ2) is 7.50. The molecule has 3 heterocycles. The summed E-state index contributed by atoms with van der Waals surface area (Å²) in [6.45, 7) is 5.73. The quantitative estimate of drug-likeness (QED) is 0.714. The molecule has 7 heteroatoms. The molecule has 1 atom stereocenters. The van der Waals surface area contributed by atoms with Crippen molar-refractivity contribution in [1.82, 2.24) is 24.8 Å². The average Bonchev–Trinajstić information content (AvgIpc) is 3.27. The molecule has 2 N–H and O–H groups in total. The number of aromatic amines is 1. The molecule has 1 aromatic carbocycles. The molecule has 1 aliphatic rings. The summed E-state index contributed by atoms with van der Waals surface area (Å²) in [6.07, 6.45) is 4.30. The summed E-state index contributed by atoms with van der Waals surface area (Å²) in [4.78, 5) is 24.9. The molecule has 0 unspecified atom stereocenters. The zero-order valence-corrected chi connectivity index (χ0v) is 16.4. The van der Waals surface area contributed by atoms with E-state index in [2.05, 4.69) is 44.7 Å². The van der Waals surface area contributed by atoms with Gasteiger partial charge in [0.05, 0.1) is 19.6 Å². The highest BCUT2D eigenvalue weighted by molar-refractivity contribution is 5.94. The SMILES string of the molecule is COc1cccc([C@H]2CNC(=O)c3nc(-c4cncn4CC(C)C)[nH]c3C2)c1. The summed E-state index contributed by atoms with van der Waals surface area (Å²) >= 11 is 0. The lowest BCUT2D eigenvalue weighted by Gasteiger charge is -2.15. The van der Waals surface area contributed by atoms with E-state index in [4.69, 9.17) is 4.74 Å². The van der Waals surface area contributed by atoms with Crippen molar-refractivity contribution in [3.63, 3.8) is 0 Å². The average molecular weight is 379 g/mol. The van der Waals surface area contributed by atoms with Crippen LogP contribution in [0, 0.1) is 5.92 Å². The van der Waals surface area contributed by atoms with E-state index in [0.717, 1.165) is 29.2 Å². The Hall–Kier alpha value is -3.09. The Bertz CT molecular complexity index is 988. The lowest BCUT2D eigenvalue weighted by molar-refractivity contribution is 0.0950.